The second kappa shape index (κ2) is 4.88. The van der Waals surface area contributed by atoms with Gasteiger partial charge in [0.2, 0.25) is 5.91 Å². The Labute approximate surface area is 93.8 Å². The van der Waals surface area contributed by atoms with Crippen LogP contribution in [0.2, 0.25) is 0 Å². The molecule has 1 aliphatic heterocycles. The largest absolute Gasteiger partial charge is 0.481 e. The van der Waals surface area contributed by atoms with Crippen molar-refractivity contribution in [3.8, 4) is 0 Å². The van der Waals surface area contributed by atoms with E-state index in [0.717, 1.165) is 17.9 Å². The highest BCUT2D eigenvalue weighted by Crippen LogP contribution is 2.23. The van der Waals surface area contributed by atoms with Gasteiger partial charge in [-0.05, 0) is 26.0 Å². The highest BCUT2D eigenvalue weighted by atomic mass is 32.2. The maximum atomic E-state index is 11.6. The number of thioether (sulfide) groups is 1. The normalized spacial score (nSPS) is 21.3. The van der Waals surface area contributed by atoms with E-state index in [1.54, 1.807) is 25.6 Å². The molecule has 0 aromatic rings. The predicted octanol–water partition coefficient (Wildman–Crippen LogP) is 0.967. The summed E-state index contributed by atoms with van der Waals surface area (Å²) >= 11 is 1.77. The van der Waals surface area contributed by atoms with Gasteiger partial charge in [-0.1, -0.05) is 0 Å². The first-order chi connectivity index (χ1) is 6.93. The standard InChI is InChI=1S/C10H17NO3S/c1-10(2,9(13)14)6-11-8(12)7-3-4-15-5-7/h7H,3-6H2,1-2H3,(H,11,12)(H,13,14). The molecule has 1 saturated heterocycles. The van der Waals surface area contributed by atoms with Gasteiger partial charge in [-0.2, -0.15) is 11.8 Å². The van der Waals surface area contributed by atoms with Crippen LogP contribution in [0.4, 0.5) is 0 Å². The predicted molar refractivity (Wildman–Crippen MR) is 59.9 cm³/mol. The molecule has 4 nitrogen and oxygen atoms in total. The van der Waals surface area contributed by atoms with Crippen LogP contribution in [-0.4, -0.2) is 35.0 Å². The summed E-state index contributed by atoms with van der Waals surface area (Å²) < 4.78 is 0. The Balaban J connectivity index is 2.36. The number of carboxylic acid groups (broad SMARTS) is 1. The topological polar surface area (TPSA) is 66.4 Å². The summed E-state index contributed by atoms with van der Waals surface area (Å²) in [6.45, 7) is 3.42. The van der Waals surface area contributed by atoms with Crippen LogP contribution < -0.4 is 5.32 Å². The summed E-state index contributed by atoms with van der Waals surface area (Å²) in [7, 11) is 0. The molecule has 0 aromatic heterocycles. The Morgan fingerprint density at radius 1 is 1.53 bits per heavy atom. The molecule has 2 N–H and O–H groups in total. The highest BCUT2D eigenvalue weighted by Gasteiger charge is 2.29. The summed E-state index contributed by atoms with van der Waals surface area (Å²) in [4.78, 5) is 22.4. The number of amides is 1. The summed E-state index contributed by atoms with van der Waals surface area (Å²) in [5.74, 6) is 1.07. The van der Waals surface area contributed by atoms with Gasteiger partial charge in [-0.25, -0.2) is 0 Å². The molecule has 0 aromatic carbocycles. The van der Waals surface area contributed by atoms with Crippen molar-refractivity contribution >= 4 is 23.6 Å². The molecular weight excluding hydrogens is 214 g/mol. The molecule has 0 radical (unpaired) electrons. The van der Waals surface area contributed by atoms with E-state index >= 15 is 0 Å². The third-order valence-electron chi connectivity index (χ3n) is 2.58. The lowest BCUT2D eigenvalue weighted by molar-refractivity contribution is -0.146. The third kappa shape index (κ3) is 3.41. The van der Waals surface area contributed by atoms with E-state index in [0.29, 0.717) is 0 Å². The zero-order valence-corrected chi connectivity index (χ0v) is 9.89. The molecule has 1 fully saturated rings. The lowest BCUT2D eigenvalue weighted by Gasteiger charge is -2.20. The van der Waals surface area contributed by atoms with Gasteiger partial charge in [0.25, 0.3) is 0 Å². The molecule has 1 aliphatic rings. The Hall–Kier alpha value is -0.710. The molecule has 1 heterocycles. The van der Waals surface area contributed by atoms with Crippen LogP contribution in [0.3, 0.4) is 0 Å². The van der Waals surface area contributed by atoms with Gasteiger partial charge in [0.05, 0.1) is 5.41 Å². The van der Waals surface area contributed by atoms with Crippen LogP contribution in [0.15, 0.2) is 0 Å². The Bertz CT molecular complexity index is 259. The third-order valence-corrected chi connectivity index (χ3v) is 3.75. The van der Waals surface area contributed by atoms with E-state index in [2.05, 4.69) is 5.32 Å². The van der Waals surface area contributed by atoms with Gasteiger partial charge in [0, 0.05) is 18.2 Å². The second-order valence-electron chi connectivity index (χ2n) is 4.47. The van der Waals surface area contributed by atoms with Crippen molar-refractivity contribution in [3.63, 3.8) is 0 Å². The van der Waals surface area contributed by atoms with E-state index in [1.165, 1.54) is 0 Å². The number of aliphatic carboxylic acids is 1. The van der Waals surface area contributed by atoms with Gasteiger partial charge >= 0.3 is 5.97 Å². The molecule has 1 amide bonds. The highest BCUT2D eigenvalue weighted by molar-refractivity contribution is 7.99. The average Bonchev–Trinajstić information content (AvgIpc) is 2.66. The average molecular weight is 231 g/mol. The first-order valence-electron chi connectivity index (χ1n) is 5.02. The summed E-state index contributed by atoms with van der Waals surface area (Å²) in [5.41, 5.74) is -0.887. The molecule has 1 unspecified atom stereocenters. The fourth-order valence-corrected chi connectivity index (χ4v) is 2.49. The molecular formula is C10H17NO3S. The Kier molecular flexibility index (Phi) is 4.02. The van der Waals surface area contributed by atoms with Gasteiger partial charge in [0.15, 0.2) is 0 Å². The number of carbonyl (C=O) groups excluding carboxylic acids is 1. The number of carboxylic acids is 1. The van der Waals surface area contributed by atoms with E-state index in [4.69, 9.17) is 5.11 Å². The van der Waals surface area contributed by atoms with Crippen LogP contribution in [0.25, 0.3) is 0 Å². The lowest BCUT2D eigenvalue weighted by Crippen LogP contribution is -2.41. The van der Waals surface area contributed by atoms with Gasteiger partial charge in [-0.3, -0.25) is 9.59 Å². The molecule has 15 heavy (non-hydrogen) atoms. The monoisotopic (exact) mass is 231 g/mol. The number of rotatable bonds is 4. The first-order valence-corrected chi connectivity index (χ1v) is 6.18. The first kappa shape index (κ1) is 12.4. The molecule has 86 valence electrons. The molecule has 0 bridgehead atoms. The van der Waals surface area contributed by atoms with Crippen LogP contribution in [0, 0.1) is 11.3 Å². The smallest absolute Gasteiger partial charge is 0.310 e. The number of hydrogen-bond donors (Lipinski definition) is 2. The fraction of sp³-hybridized carbons (Fsp3) is 0.800. The molecule has 0 aliphatic carbocycles. The van der Waals surface area contributed by atoms with Crippen molar-refractivity contribution in [3.05, 3.63) is 0 Å². The van der Waals surface area contributed by atoms with E-state index in [-0.39, 0.29) is 18.4 Å². The van der Waals surface area contributed by atoms with Crippen molar-refractivity contribution in [2.75, 3.05) is 18.1 Å². The SMILES string of the molecule is CC(C)(CNC(=O)C1CCSC1)C(=O)O. The van der Waals surface area contributed by atoms with Crippen LogP contribution in [0.5, 0.6) is 0 Å². The quantitative estimate of drug-likeness (QED) is 0.756. The zero-order valence-electron chi connectivity index (χ0n) is 9.08. The maximum Gasteiger partial charge on any atom is 0.310 e. The summed E-state index contributed by atoms with van der Waals surface area (Å²) in [6, 6.07) is 0. The molecule has 0 saturated carbocycles. The van der Waals surface area contributed by atoms with Crippen molar-refractivity contribution in [2.24, 2.45) is 11.3 Å². The lowest BCUT2D eigenvalue weighted by atomic mass is 9.93. The molecule has 0 spiro atoms. The van der Waals surface area contributed by atoms with Crippen molar-refractivity contribution in [1.82, 2.24) is 5.32 Å². The minimum atomic E-state index is -0.887. The summed E-state index contributed by atoms with van der Waals surface area (Å²) in [5, 5.41) is 11.6. The summed E-state index contributed by atoms with van der Waals surface area (Å²) in [6.07, 6.45) is 0.907. The minimum absolute atomic E-state index is 0.00525. The van der Waals surface area contributed by atoms with Crippen LogP contribution >= 0.6 is 11.8 Å². The fourth-order valence-electron chi connectivity index (χ4n) is 1.27. The molecule has 1 rings (SSSR count). The minimum Gasteiger partial charge on any atom is -0.481 e. The second-order valence-corrected chi connectivity index (χ2v) is 5.62. The molecule has 1 atom stereocenters. The van der Waals surface area contributed by atoms with Crippen LogP contribution in [0.1, 0.15) is 20.3 Å². The van der Waals surface area contributed by atoms with Crippen LogP contribution in [-0.2, 0) is 9.59 Å². The molecule has 5 heteroatoms. The Morgan fingerprint density at radius 3 is 2.67 bits per heavy atom. The van der Waals surface area contributed by atoms with E-state index in [9.17, 15) is 9.59 Å². The van der Waals surface area contributed by atoms with Crippen molar-refractivity contribution in [1.29, 1.82) is 0 Å². The van der Waals surface area contributed by atoms with Crippen molar-refractivity contribution < 1.29 is 14.7 Å². The van der Waals surface area contributed by atoms with E-state index in [1.807, 2.05) is 0 Å². The zero-order chi connectivity index (χ0) is 11.5. The number of hydrogen-bond acceptors (Lipinski definition) is 3. The number of nitrogens with one attached hydrogen (secondary N) is 1. The van der Waals surface area contributed by atoms with Gasteiger partial charge < -0.3 is 10.4 Å². The van der Waals surface area contributed by atoms with Crippen molar-refractivity contribution in [2.45, 2.75) is 20.3 Å². The number of carbonyl (C=O) groups is 2. The van der Waals surface area contributed by atoms with Gasteiger partial charge in [0.1, 0.15) is 0 Å². The Morgan fingerprint density at radius 2 is 2.20 bits per heavy atom. The maximum absolute atomic E-state index is 11.6. The van der Waals surface area contributed by atoms with E-state index < -0.39 is 11.4 Å². The van der Waals surface area contributed by atoms with Gasteiger partial charge in [-0.15, -0.1) is 0 Å².